The van der Waals surface area contributed by atoms with Crippen molar-refractivity contribution >= 4 is 24.1 Å². The van der Waals surface area contributed by atoms with Crippen molar-refractivity contribution in [3.8, 4) is 0 Å². The average molecular weight is 301 g/mol. The van der Waals surface area contributed by atoms with Gasteiger partial charge >= 0.3 is 0 Å². The van der Waals surface area contributed by atoms with E-state index in [1.54, 1.807) is 31.3 Å². The zero-order valence-corrected chi connectivity index (χ0v) is 12.7. The molecule has 0 atom stereocenters. The minimum Gasteiger partial charge on any atom is -0.326 e. The number of nitrogens with zero attached hydrogens (tertiary/aromatic N) is 3. The second-order valence-electron chi connectivity index (χ2n) is 5.06. The quantitative estimate of drug-likeness (QED) is 0.602. The van der Waals surface area contributed by atoms with E-state index in [9.17, 15) is 8.78 Å². The van der Waals surface area contributed by atoms with Gasteiger partial charge in [-0.05, 0) is 49.2 Å². The summed E-state index contributed by atoms with van der Waals surface area (Å²) >= 11 is 0. The molecular formula is C17H17F2N3. The van der Waals surface area contributed by atoms with Crippen LogP contribution in [0.2, 0.25) is 0 Å². The molecule has 114 valence electrons. The molecule has 0 aromatic heterocycles. The van der Waals surface area contributed by atoms with E-state index in [0.29, 0.717) is 0 Å². The van der Waals surface area contributed by atoms with E-state index in [1.165, 1.54) is 29.7 Å². The SMILES string of the molecule is Cc1ccc(/N=C/N(C)/C=N/c2ccc(C)cc2F)c(F)c1. The first-order valence-corrected chi connectivity index (χ1v) is 6.78. The van der Waals surface area contributed by atoms with Gasteiger partial charge in [-0.15, -0.1) is 0 Å². The number of aliphatic imine (C=N–C) groups is 2. The summed E-state index contributed by atoms with van der Waals surface area (Å²) in [6.07, 6.45) is 2.84. The first-order valence-electron chi connectivity index (χ1n) is 6.78. The summed E-state index contributed by atoms with van der Waals surface area (Å²) in [5.74, 6) is -0.766. The summed E-state index contributed by atoms with van der Waals surface area (Å²) in [6.45, 7) is 3.62. The van der Waals surface area contributed by atoms with Crippen molar-refractivity contribution in [3.05, 3.63) is 59.2 Å². The first-order chi connectivity index (χ1) is 10.5. The minimum absolute atomic E-state index is 0.243. The van der Waals surface area contributed by atoms with Gasteiger partial charge in [-0.2, -0.15) is 0 Å². The molecule has 0 spiro atoms. The Bertz CT molecular complexity index is 662. The lowest BCUT2D eigenvalue weighted by molar-refractivity contribution is 0.628. The van der Waals surface area contributed by atoms with Crippen molar-refractivity contribution in [1.29, 1.82) is 0 Å². The second-order valence-corrected chi connectivity index (χ2v) is 5.06. The summed E-state index contributed by atoms with van der Waals surface area (Å²) in [5, 5.41) is 0. The molecule has 0 saturated carbocycles. The molecule has 2 aromatic rings. The van der Waals surface area contributed by atoms with Crippen LogP contribution in [0.15, 0.2) is 46.4 Å². The van der Waals surface area contributed by atoms with Crippen LogP contribution in [0.3, 0.4) is 0 Å². The van der Waals surface area contributed by atoms with Gasteiger partial charge in [0, 0.05) is 7.05 Å². The van der Waals surface area contributed by atoms with Crippen LogP contribution in [0.25, 0.3) is 0 Å². The van der Waals surface area contributed by atoms with Crippen molar-refractivity contribution in [2.75, 3.05) is 7.05 Å². The lowest BCUT2D eigenvalue weighted by Gasteiger charge is -2.06. The second kappa shape index (κ2) is 6.93. The summed E-state index contributed by atoms with van der Waals surface area (Å²) in [5.41, 5.74) is 2.15. The maximum Gasteiger partial charge on any atom is 0.149 e. The van der Waals surface area contributed by atoms with Crippen molar-refractivity contribution in [2.45, 2.75) is 13.8 Å². The molecule has 2 rings (SSSR count). The highest BCUT2D eigenvalue weighted by atomic mass is 19.1. The normalized spacial score (nSPS) is 11.5. The Hall–Kier alpha value is -2.56. The van der Waals surface area contributed by atoms with Crippen molar-refractivity contribution in [2.24, 2.45) is 9.98 Å². The van der Waals surface area contributed by atoms with Crippen LogP contribution in [0.1, 0.15) is 11.1 Å². The Balaban J connectivity index is 2.07. The van der Waals surface area contributed by atoms with E-state index in [2.05, 4.69) is 9.98 Å². The van der Waals surface area contributed by atoms with E-state index < -0.39 is 0 Å². The van der Waals surface area contributed by atoms with Gasteiger partial charge in [0.25, 0.3) is 0 Å². The molecule has 0 fully saturated rings. The Morgan fingerprint density at radius 3 is 1.59 bits per heavy atom. The van der Waals surface area contributed by atoms with Gasteiger partial charge in [0.1, 0.15) is 23.0 Å². The molecule has 0 amide bonds. The van der Waals surface area contributed by atoms with Gasteiger partial charge in [-0.1, -0.05) is 12.1 Å². The van der Waals surface area contributed by atoms with Gasteiger partial charge < -0.3 is 4.90 Å². The van der Waals surface area contributed by atoms with E-state index in [-0.39, 0.29) is 23.0 Å². The third-order valence-corrected chi connectivity index (χ3v) is 2.96. The molecule has 2 aromatic carbocycles. The summed E-state index contributed by atoms with van der Waals surface area (Å²) < 4.78 is 27.3. The average Bonchev–Trinajstić information content (AvgIpc) is 2.45. The number of benzene rings is 2. The van der Waals surface area contributed by atoms with Crippen LogP contribution in [-0.2, 0) is 0 Å². The van der Waals surface area contributed by atoms with E-state index in [0.717, 1.165) is 11.1 Å². The third kappa shape index (κ3) is 4.22. The summed E-state index contributed by atoms with van der Waals surface area (Å²) in [7, 11) is 1.69. The maximum absolute atomic E-state index is 13.6. The molecule has 0 radical (unpaired) electrons. The number of halogens is 2. The molecule has 0 bridgehead atoms. The van der Waals surface area contributed by atoms with Crippen LogP contribution in [-0.4, -0.2) is 24.6 Å². The van der Waals surface area contributed by atoms with Gasteiger partial charge in [0.2, 0.25) is 0 Å². The highest BCUT2D eigenvalue weighted by molar-refractivity contribution is 5.78. The Morgan fingerprint density at radius 2 is 1.23 bits per heavy atom. The molecule has 0 aliphatic rings. The highest BCUT2D eigenvalue weighted by Gasteiger charge is 2.01. The number of rotatable bonds is 4. The number of hydrogen-bond donors (Lipinski definition) is 0. The van der Waals surface area contributed by atoms with Gasteiger partial charge in [0.15, 0.2) is 0 Å². The lowest BCUT2D eigenvalue weighted by Crippen LogP contribution is -2.12. The summed E-state index contributed by atoms with van der Waals surface area (Å²) in [4.78, 5) is 9.60. The smallest absolute Gasteiger partial charge is 0.149 e. The lowest BCUT2D eigenvalue weighted by atomic mass is 10.2. The molecule has 3 nitrogen and oxygen atoms in total. The molecule has 0 aliphatic heterocycles. The Labute approximate surface area is 128 Å². The largest absolute Gasteiger partial charge is 0.326 e. The highest BCUT2D eigenvalue weighted by Crippen LogP contribution is 2.19. The van der Waals surface area contributed by atoms with Gasteiger partial charge in [-0.25, -0.2) is 18.8 Å². The van der Waals surface area contributed by atoms with Crippen molar-refractivity contribution < 1.29 is 8.78 Å². The van der Waals surface area contributed by atoms with E-state index in [1.807, 2.05) is 13.8 Å². The van der Waals surface area contributed by atoms with Crippen LogP contribution < -0.4 is 0 Å². The van der Waals surface area contributed by atoms with Gasteiger partial charge in [0.05, 0.1) is 12.7 Å². The molecule has 0 saturated heterocycles. The van der Waals surface area contributed by atoms with Gasteiger partial charge in [-0.3, -0.25) is 0 Å². The molecule has 0 aliphatic carbocycles. The predicted octanol–water partition coefficient (Wildman–Crippen LogP) is 4.53. The monoisotopic (exact) mass is 301 g/mol. The molecule has 0 heterocycles. The van der Waals surface area contributed by atoms with Crippen LogP contribution >= 0.6 is 0 Å². The molecule has 0 N–H and O–H groups in total. The molecule has 5 heteroatoms. The topological polar surface area (TPSA) is 28.0 Å². The Kier molecular flexibility index (Phi) is 4.99. The van der Waals surface area contributed by atoms with Crippen molar-refractivity contribution in [1.82, 2.24) is 4.90 Å². The van der Waals surface area contributed by atoms with Crippen LogP contribution in [0.5, 0.6) is 0 Å². The number of hydrogen-bond acceptors (Lipinski definition) is 2. The fourth-order valence-corrected chi connectivity index (χ4v) is 1.77. The molecular weight excluding hydrogens is 284 g/mol. The van der Waals surface area contributed by atoms with Crippen molar-refractivity contribution in [3.63, 3.8) is 0 Å². The van der Waals surface area contributed by atoms with E-state index >= 15 is 0 Å². The molecule has 22 heavy (non-hydrogen) atoms. The zero-order chi connectivity index (χ0) is 16.1. The van der Waals surface area contributed by atoms with Crippen LogP contribution in [0.4, 0.5) is 20.2 Å². The summed E-state index contributed by atoms with van der Waals surface area (Å²) in [6, 6.07) is 9.61. The maximum atomic E-state index is 13.6. The fraction of sp³-hybridized carbons (Fsp3) is 0.176. The van der Waals surface area contributed by atoms with E-state index in [4.69, 9.17) is 0 Å². The third-order valence-electron chi connectivity index (χ3n) is 2.96. The fourth-order valence-electron chi connectivity index (χ4n) is 1.77. The van der Waals surface area contributed by atoms with Crippen LogP contribution in [0, 0.1) is 25.5 Å². The standard InChI is InChI=1S/C17H17F2N3/c1-12-4-6-16(14(18)8-12)20-10-22(3)11-21-17-7-5-13(2)9-15(17)19/h4-11H,1-3H3/b20-10+,21-11+. The minimum atomic E-state index is -0.383. The zero-order valence-electron chi connectivity index (χ0n) is 12.7. The molecule has 0 unspecified atom stereocenters. The first kappa shape index (κ1) is 15.8. The number of aryl methyl sites for hydroxylation is 2. The Morgan fingerprint density at radius 1 is 0.818 bits per heavy atom. The predicted molar refractivity (Wildman–Crippen MR) is 86.3 cm³/mol.